The molecule has 0 aliphatic carbocycles. The highest BCUT2D eigenvalue weighted by Crippen LogP contribution is 2.26. The van der Waals surface area contributed by atoms with E-state index >= 15 is 0 Å². The van der Waals surface area contributed by atoms with Gasteiger partial charge >= 0.3 is 0 Å². The summed E-state index contributed by atoms with van der Waals surface area (Å²) >= 11 is 1.75. The zero-order valence-corrected chi connectivity index (χ0v) is 10.4. The largest absolute Gasteiger partial charge is 0.494 e. The van der Waals surface area contributed by atoms with Gasteiger partial charge in [0.25, 0.3) is 0 Å². The van der Waals surface area contributed by atoms with Gasteiger partial charge in [0.05, 0.1) is 21.8 Å². The van der Waals surface area contributed by atoms with Gasteiger partial charge in [0.1, 0.15) is 5.75 Å². The van der Waals surface area contributed by atoms with E-state index in [2.05, 4.69) is 16.4 Å². The Morgan fingerprint density at radius 1 is 1.44 bits per heavy atom. The quantitative estimate of drug-likeness (QED) is 0.866. The molecule has 0 amide bonds. The summed E-state index contributed by atoms with van der Waals surface area (Å²) < 4.78 is 6.68. The van der Waals surface area contributed by atoms with Gasteiger partial charge in [0.15, 0.2) is 0 Å². The minimum absolute atomic E-state index is 0.705. The van der Waals surface area contributed by atoms with Crippen molar-refractivity contribution in [2.24, 2.45) is 0 Å². The molecule has 4 heteroatoms. The van der Waals surface area contributed by atoms with E-state index in [1.165, 1.54) is 9.71 Å². The number of nitrogens with one attached hydrogen (secondary N) is 1. The van der Waals surface area contributed by atoms with Crippen LogP contribution in [-0.4, -0.2) is 25.2 Å². The Morgan fingerprint density at radius 2 is 2.31 bits per heavy atom. The van der Waals surface area contributed by atoms with Crippen molar-refractivity contribution in [3.05, 3.63) is 23.2 Å². The summed E-state index contributed by atoms with van der Waals surface area (Å²) in [5, 5.41) is 4.31. The summed E-state index contributed by atoms with van der Waals surface area (Å²) in [5.74, 6) is 0.929. The number of fused-ring (bicyclic) bond motifs is 1. The molecule has 0 aliphatic heterocycles. The molecule has 0 fully saturated rings. The molecular weight excluding hydrogens is 220 g/mol. The van der Waals surface area contributed by atoms with E-state index in [0.29, 0.717) is 6.61 Å². The molecule has 0 saturated heterocycles. The van der Waals surface area contributed by atoms with Gasteiger partial charge in [0, 0.05) is 13.0 Å². The zero-order valence-electron chi connectivity index (χ0n) is 9.62. The van der Waals surface area contributed by atoms with E-state index in [1.54, 1.807) is 11.3 Å². The highest BCUT2D eigenvalue weighted by molar-refractivity contribution is 7.18. The number of hydrogen-bond acceptors (Lipinski definition) is 4. The fourth-order valence-electron chi connectivity index (χ4n) is 1.55. The van der Waals surface area contributed by atoms with Crippen molar-refractivity contribution in [1.29, 1.82) is 0 Å². The molecule has 2 rings (SSSR count). The molecule has 1 aromatic carbocycles. The molecule has 0 atom stereocenters. The van der Waals surface area contributed by atoms with E-state index in [9.17, 15) is 0 Å². The lowest BCUT2D eigenvalue weighted by atomic mass is 10.3. The molecule has 16 heavy (non-hydrogen) atoms. The monoisotopic (exact) mass is 236 g/mol. The molecule has 0 spiro atoms. The third-order valence-electron chi connectivity index (χ3n) is 2.30. The average molecular weight is 236 g/mol. The van der Waals surface area contributed by atoms with Crippen molar-refractivity contribution < 1.29 is 4.74 Å². The van der Waals surface area contributed by atoms with Crippen molar-refractivity contribution in [2.45, 2.75) is 13.3 Å². The number of hydrogen-bond donors (Lipinski definition) is 1. The molecule has 2 aromatic rings. The molecule has 86 valence electrons. The number of likely N-dealkylation sites (N-methyl/N-ethyl adjacent to an activating group) is 1. The van der Waals surface area contributed by atoms with Gasteiger partial charge < -0.3 is 10.1 Å². The SMILES string of the molecule is CCOc1ccc2nc(CCNC)sc2c1. The Kier molecular flexibility index (Phi) is 3.74. The van der Waals surface area contributed by atoms with E-state index < -0.39 is 0 Å². The molecule has 0 unspecified atom stereocenters. The van der Waals surface area contributed by atoms with Crippen LogP contribution in [0, 0.1) is 0 Å². The van der Waals surface area contributed by atoms with Gasteiger partial charge in [-0.1, -0.05) is 0 Å². The Balaban J connectivity index is 2.23. The third kappa shape index (κ3) is 2.51. The summed E-state index contributed by atoms with van der Waals surface area (Å²) in [6, 6.07) is 6.08. The van der Waals surface area contributed by atoms with E-state index in [4.69, 9.17) is 4.74 Å². The van der Waals surface area contributed by atoms with Crippen molar-refractivity contribution in [2.75, 3.05) is 20.2 Å². The summed E-state index contributed by atoms with van der Waals surface area (Å²) in [7, 11) is 1.96. The van der Waals surface area contributed by atoms with Crippen LogP contribution in [0.2, 0.25) is 0 Å². The topological polar surface area (TPSA) is 34.1 Å². The van der Waals surface area contributed by atoms with Gasteiger partial charge in [-0.05, 0) is 32.2 Å². The predicted molar refractivity (Wildman–Crippen MR) is 68.4 cm³/mol. The number of nitrogens with zero attached hydrogens (tertiary/aromatic N) is 1. The number of aromatic nitrogens is 1. The molecule has 1 aromatic heterocycles. The van der Waals surface area contributed by atoms with Crippen LogP contribution >= 0.6 is 11.3 Å². The first kappa shape index (κ1) is 11.4. The summed E-state index contributed by atoms with van der Waals surface area (Å²) in [5.41, 5.74) is 1.07. The lowest BCUT2D eigenvalue weighted by Crippen LogP contribution is -2.09. The van der Waals surface area contributed by atoms with Gasteiger partial charge in [0.2, 0.25) is 0 Å². The Morgan fingerprint density at radius 3 is 3.06 bits per heavy atom. The van der Waals surface area contributed by atoms with Crippen LogP contribution < -0.4 is 10.1 Å². The molecular formula is C12H16N2OS. The number of thiazole rings is 1. The molecule has 0 saturated carbocycles. The zero-order chi connectivity index (χ0) is 11.4. The maximum absolute atomic E-state index is 5.47. The molecule has 1 N–H and O–H groups in total. The highest BCUT2D eigenvalue weighted by atomic mass is 32.1. The van der Waals surface area contributed by atoms with Gasteiger partial charge in [-0.3, -0.25) is 0 Å². The summed E-state index contributed by atoms with van der Waals surface area (Å²) in [6.07, 6.45) is 0.986. The predicted octanol–water partition coefficient (Wildman–Crippen LogP) is 2.46. The minimum Gasteiger partial charge on any atom is -0.494 e. The second-order valence-corrected chi connectivity index (χ2v) is 4.64. The first-order valence-corrected chi connectivity index (χ1v) is 6.32. The van der Waals surface area contributed by atoms with E-state index in [1.807, 2.05) is 26.1 Å². The highest BCUT2D eigenvalue weighted by Gasteiger charge is 2.04. The first-order valence-electron chi connectivity index (χ1n) is 5.50. The Hall–Kier alpha value is -1.13. The second kappa shape index (κ2) is 5.27. The van der Waals surface area contributed by atoms with Crippen molar-refractivity contribution in [3.8, 4) is 5.75 Å². The normalized spacial score (nSPS) is 10.9. The summed E-state index contributed by atoms with van der Waals surface area (Å²) in [4.78, 5) is 4.57. The number of rotatable bonds is 5. The summed E-state index contributed by atoms with van der Waals surface area (Å²) in [6.45, 7) is 3.67. The fraction of sp³-hybridized carbons (Fsp3) is 0.417. The van der Waals surface area contributed by atoms with Crippen molar-refractivity contribution in [3.63, 3.8) is 0 Å². The van der Waals surface area contributed by atoms with Crippen LogP contribution in [0.4, 0.5) is 0 Å². The van der Waals surface area contributed by atoms with Crippen molar-refractivity contribution >= 4 is 21.6 Å². The van der Waals surface area contributed by atoms with Gasteiger partial charge in [-0.25, -0.2) is 4.98 Å². The lowest BCUT2D eigenvalue weighted by molar-refractivity contribution is 0.341. The van der Waals surface area contributed by atoms with E-state index in [-0.39, 0.29) is 0 Å². The van der Waals surface area contributed by atoms with Crippen LogP contribution in [0.15, 0.2) is 18.2 Å². The van der Waals surface area contributed by atoms with Crippen LogP contribution in [0.25, 0.3) is 10.2 Å². The van der Waals surface area contributed by atoms with Gasteiger partial charge in [-0.2, -0.15) is 0 Å². The number of benzene rings is 1. The smallest absolute Gasteiger partial charge is 0.120 e. The maximum atomic E-state index is 5.47. The maximum Gasteiger partial charge on any atom is 0.120 e. The van der Waals surface area contributed by atoms with Gasteiger partial charge in [-0.15, -0.1) is 11.3 Å². The fourth-order valence-corrected chi connectivity index (χ4v) is 2.54. The molecule has 3 nitrogen and oxygen atoms in total. The van der Waals surface area contributed by atoms with Crippen LogP contribution in [-0.2, 0) is 6.42 Å². The molecule has 1 heterocycles. The Bertz CT molecular complexity index is 467. The first-order chi connectivity index (χ1) is 7.83. The third-order valence-corrected chi connectivity index (χ3v) is 3.38. The minimum atomic E-state index is 0.705. The molecule has 0 bridgehead atoms. The van der Waals surface area contributed by atoms with Crippen molar-refractivity contribution in [1.82, 2.24) is 10.3 Å². The number of ether oxygens (including phenoxy) is 1. The molecule has 0 radical (unpaired) electrons. The Labute approximate surface area is 99.5 Å². The van der Waals surface area contributed by atoms with E-state index in [0.717, 1.165) is 24.2 Å². The lowest BCUT2D eigenvalue weighted by Gasteiger charge is -2.00. The van der Waals surface area contributed by atoms with Crippen LogP contribution in [0.1, 0.15) is 11.9 Å². The average Bonchev–Trinajstić information content (AvgIpc) is 2.68. The standard InChI is InChI=1S/C12H16N2OS/c1-3-15-9-4-5-10-11(8-9)16-12(14-10)6-7-13-2/h4-5,8,13H,3,6-7H2,1-2H3. The van der Waals surface area contributed by atoms with Crippen LogP contribution in [0.5, 0.6) is 5.75 Å². The second-order valence-electron chi connectivity index (χ2n) is 3.52. The van der Waals surface area contributed by atoms with Crippen LogP contribution in [0.3, 0.4) is 0 Å². The molecule has 0 aliphatic rings.